The van der Waals surface area contributed by atoms with Gasteiger partial charge in [-0.05, 0) is 82.3 Å². The van der Waals surface area contributed by atoms with Crippen LogP contribution in [0.15, 0.2) is 42.5 Å². The number of anilines is 2. The second kappa shape index (κ2) is 10.5. The molecule has 9 nitrogen and oxygen atoms in total. The lowest BCUT2D eigenvalue weighted by atomic mass is 9.65. The van der Waals surface area contributed by atoms with E-state index in [9.17, 15) is 19.5 Å². The summed E-state index contributed by atoms with van der Waals surface area (Å²) in [6, 6.07) is 11.3. The number of ether oxygens (including phenoxy) is 2. The number of aliphatic hydroxyl groups excluding tert-OH is 1. The van der Waals surface area contributed by atoms with Gasteiger partial charge in [-0.15, -0.1) is 0 Å². The van der Waals surface area contributed by atoms with E-state index in [1.807, 2.05) is 45.9 Å². The fourth-order valence-corrected chi connectivity index (χ4v) is 7.14. The van der Waals surface area contributed by atoms with Crippen LogP contribution in [-0.4, -0.2) is 64.2 Å². The fourth-order valence-electron chi connectivity index (χ4n) is 7.14. The molecule has 2 aromatic carbocycles. The van der Waals surface area contributed by atoms with Gasteiger partial charge in [-0.1, -0.05) is 25.1 Å². The van der Waals surface area contributed by atoms with Gasteiger partial charge in [0.15, 0.2) is 0 Å². The molecule has 1 spiro atoms. The number of likely N-dealkylation sites (tertiary alicyclic amines) is 1. The Morgan fingerprint density at radius 2 is 1.75 bits per heavy atom. The SMILES string of the molecule is CCOc1ccc(NC(=O)[C@@H]2[C@H]3C(=O)N([C@H](C)CO)C(C(=O)Nc4c(C)cccc4C)C34CC[C@@]2(CC)O4)cc1. The van der Waals surface area contributed by atoms with Crippen molar-refractivity contribution in [3.05, 3.63) is 53.6 Å². The van der Waals surface area contributed by atoms with E-state index in [1.54, 1.807) is 31.2 Å². The number of hydrogen-bond acceptors (Lipinski definition) is 6. The van der Waals surface area contributed by atoms with Gasteiger partial charge in [-0.2, -0.15) is 0 Å². The summed E-state index contributed by atoms with van der Waals surface area (Å²) in [5.41, 5.74) is 1.07. The Labute approximate surface area is 235 Å². The van der Waals surface area contributed by atoms with Gasteiger partial charge in [0.2, 0.25) is 17.7 Å². The van der Waals surface area contributed by atoms with Crippen LogP contribution in [0.3, 0.4) is 0 Å². The van der Waals surface area contributed by atoms with Crippen molar-refractivity contribution in [3.63, 3.8) is 0 Å². The Hall–Kier alpha value is -3.43. The van der Waals surface area contributed by atoms with Gasteiger partial charge in [-0.25, -0.2) is 0 Å². The molecule has 3 amide bonds. The predicted octanol–water partition coefficient (Wildman–Crippen LogP) is 3.81. The molecule has 3 heterocycles. The van der Waals surface area contributed by atoms with Gasteiger partial charge in [0.05, 0.1) is 36.7 Å². The maximum absolute atomic E-state index is 14.2. The average molecular weight is 550 g/mol. The molecule has 3 saturated heterocycles. The van der Waals surface area contributed by atoms with Crippen molar-refractivity contribution < 1.29 is 29.0 Å². The van der Waals surface area contributed by atoms with Crippen molar-refractivity contribution in [2.75, 3.05) is 23.8 Å². The molecule has 5 rings (SSSR count). The number of carbonyl (C=O) groups is 3. The van der Waals surface area contributed by atoms with Gasteiger partial charge in [-0.3, -0.25) is 14.4 Å². The number of benzene rings is 2. The van der Waals surface area contributed by atoms with Crippen LogP contribution >= 0.6 is 0 Å². The molecule has 0 saturated carbocycles. The smallest absolute Gasteiger partial charge is 0.250 e. The first-order valence-electron chi connectivity index (χ1n) is 14.2. The van der Waals surface area contributed by atoms with Crippen LogP contribution in [0.2, 0.25) is 0 Å². The highest BCUT2D eigenvalue weighted by atomic mass is 16.5. The molecular weight excluding hydrogens is 510 g/mol. The van der Waals surface area contributed by atoms with E-state index < -0.39 is 35.1 Å². The van der Waals surface area contributed by atoms with E-state index in [0.717, 1.165) is 11.1 Å². The van der Waals surface area contributed by atoms with Crippen molar-refractivity contribution in [1.29, 1.82) is 0 Å². The fraction of sp³-hybridized carbons (Fsp3) is 0.516. The van der Waals surface area contributed by atoms with Crippen LogP contribution in [0.4, 0.5) is 11.4 Å². The summed E-state index contributed by atoms with van der Waals surface area (Å²) in [5, 5.41) is 16.1. The maximum Gasteiger partial charge on any atom is 0.250 e. The second-order valence-corrected chi connectivity index (χ2v) is 11.3. The Morgan fingerprint density at radius 3 is 2.35 bits per heavy atom. The summed E-state index contributed by atoms with van der Waals surface area (Å²) in [5.74, 6) is -1.93. The number of nitrogens with zero attached hydrogens (tertiary/aromatic N) is 1. The highest BCUT2D eigenvalue weighted by molar-refractivity contribution is 6.05. The van der Waals surface area contributed by atoms with E-state index in [2.05, 4.69) is 10.6 Å². The van der Waals surface area contributed by atoms with Crippen LogP contribution in [0.5, 0.6) is 5.75 Å². The molecule has 0 radical (unpaired) electrons. The molecule has 3 aliphatic rings. The number of aliphatic hydroxyl groups is 1. The number of hydrogen-bond donors (Lipinski definition) is 3. The van der Waals surface area contributed by atoms with Gasteiger partial charge in [0.25, 0.3) is 0 Å². The molecule has 0 aliphatic carbocycles. The molecule has 2 bridgehead atoms. The average Bonchev–Trinajstić information content (AvgIpc) is 3.55. The van der Waals surface area contributed by atoms with Gasteiger partial charge >= 0.3 is 0 Å². The summed E-state index contributed by atoms with van der Waals surface area (Å²) in [7, 11) is 0. The van der Waals surface area contributed by atoms with Crippen LogP contribution in [0, 0.1) is 25.7 Å². The van der Waals surface area contributed by atoms with Crippen LogP contribution in [-0.2, 0) is 19.1 Å². The standard InChI is InChI=1S/C31H39N3O6/c1-6-30-15-16-31(40-30)24(23(30)27(36)32-21-11-13-22(14-12-21)39-7-2)29(38)34(20(5)17-35)26(31)28(37)33-25-18(3)9-8-10-19(25)4/h8-14,20,23-24,26,35H,6-7,15-17H2,1-5H3,(H,32,36)(H,33,37)/t20-,23+,24+,26?,30-,31?/m1/s1. The van der Waals surface area contributed by atoms with E-state index in [1.165, 1.54) is 4.90 Å². The van der Waals surface area contributed by atoms with E-state index in [-0.39, 0.29) is 24.3 Å². The third-order valence-corrected chi connectivity index (χ3v) is 9.05. The molecule has 9 heteroatoms. The summed E-state index contributed by atoms with van der Waals surface area (Å²) >= 11 is 0. The number of rotatable bonds is 9. The van der Waals surface area contributed by atoms with Crippen LogP contribution in [0.25, 0.3) is 0 Å². The Balaban J connectivity index is 1.51. The van der Waals surface area contributed by atoms with Crippen molar-refractivity contribution in [2.45, 2.75) is 77.2 Å². The van der Waals surface area contributed by atoms with Gasteiger partial charge in [0, 0.05) is 11.4 Å². The Morgan fingerprint density at radius 1 is 1.07 bits per heavy atom. The summed E-state index contributed by atoms with van der Waals surface area (Å²) in [4.78, 5) is 43.6. The van der Waals surface area contributed by atoms with Crippen molar-refractivity contribution >= 4 is 29.1 Å². The molecule has 3 N–H and O–H groups in total. The third kappa shape index (κ3) is 4.27. The molecule has 6 atom stereocenters. The quantitative estimate of drug-likeness (QED) is 0.438. The minimum absolute atomic E-state index is 0.307. The normalized spacial score (nSPS) is 29.3. The van der Waals surface area contributed by atoms with Crippen molar-refractivity contribution in [3.8, 4) is 5.75 Å². The summed E-state index contributed by atoms with van der Waals surface area (Å²) in [6.45, 7) is 9.64. The Bertz CT molecular complexity index is 1290. The molecule has 40 heavy (non-hydrogen) atoms. The third-order valence-electron chi connectivity index (χ3n) is 9.05. The monoisotopic (exact) mass is 549 g/mol. The number of nitrogens with one attached hydrogen (secondary N) is 2. The molecule has 2 unspecified atom stereocenters. The first-order valence-corrected chi connectivity index (χ1v) is 14.2. The highest BCUT2D eigenvalue weighted by Gasteiger charge is 2.79. The lowest BCUT2D eigenvalue weighted by Crippen LogP contribution is -2.56. The zero-order valence-electron chi connectivity index (χ0n) is 23.8. The molecule has 3 fully saturated rings. The molecule has 0 aromatic heterocycles. The van der Waals surface area contributed by atoms with Crippen LogP contribution in [0.1, 0.15) is 51.2 Å². The van der Waals surface area contributed by atoms with E-state index in [0.29, 0.717) is 43.0 Å². The first-order chi connectivity index (χ1) is 19.1. The lowest BCUT2D eigenvalue weighted by Gasteiger charge is -2.36. The topological polar surface area (TPSA) is 117 Å². The second-order valence-electron chi connectivity index (χ2n) is 11.3. The number of amides is 3. The maximum atomic E-state index is 14.2. The summed E-state index contributed by atoms with van der Waals surface area (Å²) < 4.78 is 12.3. The summed E-state index contributed by atoms with van der Waals surface area (Å²) in [6.07, 6.45) is 1.56. The minimum Gasteiger partial charge on any atom is -0.494 e. The number of aryl methyl sites for hydroxylation is 2. The zero-order chi connectivity index (χ0) is 28.8. The zero-order valence-corrected chi connectivity index (χ0v) is 23.8. The van der Waals surface area contributed by atoms with Crippen LogP contribution < -0.4 is 15.4 Å². The van der Waals surface area contributed by atoms with E-state index in [4.69, 9.17) is 9.47 Å². The number of carbonyl (C=O) groups excluding carboxylic acids is 3. The molecule has 3 aliphatic heterocycles. The molecule has 2 aromatic rings. The Kier molecular flexibility index (Phi) is 7.39. The number of para-hydroxylation sites is 1. The van der Waals surface area contributed by atoms with Gasteiger partial charge in [0.1, 0.15) is 17.4 Å². The minimum atomic E-state index is -1.17. The highest BCUT2D eigenvalue weighted by Crippen LogP contribution is 2.64. The largest absolute Gasteiger partial charge is 0.494 e. The molecule has 214 valence electrons. The first kappa shape index (κ1) is 28.1. The predicted molar refractivity (Wildman–Crippen MR) is 151 cm³/mol. The lowest BCUT2D eigenvalue weighted by molar-refractivity contribution is -0.147. The number of fused-ring (bicyclic) bond motifs is 1. The molecular formula is C31H39N3O6. The van der Waals surface area contributed by atoms with Gasteiger partial charge < -0.3 is 30.1 Å². The van der Waals surface area contributed by atoms with E-state index >= 15 is 0 Å². The van der Waals surface area contributed by atoms with Crippen molar-refractivity contribution in [2.24, 2.45) is 11.8 Å². The van der Waals surface area contributed by atoms with Crippen molar-refractivity contribution in [1.82, 2.24) is 4.90 Å².